The zero-order chi connectivity index (χ0) is 21.0. The van der Waals surface area contributed by atoms with Gasteiger partial charge in [-0.05, 0) is 68.8 Å². The van der Waals surface area contributed by atoms with Gasteiger partial charge in [-0.1, -0.05) is 12.1 Å². The highest BCUT2D eigenvalue weighted by atomic mass is 15.2. The zero-order valence-electron chi connectivity index (χ0n) is 18.4. The van der Waals surface area contributed by atoms with Gasteiger partial charge >= 0.3 is 0 Å². The maximum absolute atomic E-state index is 4.74. The van der Waals surface area contributed by atoms with E-state index in [-0.39, 0.29) is 0 Å². The molecule has 162 valence electrons. The summed E-state index contributed by atoms with van der Waals surface area (Å²) in [6.07, 6.45) is 12.8. The van der Waals surface area contributed by atoms with Crippen molar-refractivity contribution in [3.8, 4) is 0 Å². The van der Waals surface area contributed by atoms with Gasteiger partial charge in [0.05, 0.1) is 18.3 Å². The molecule has 0 bridgehead atoms. The van der Waals surface area contributed by atoms with Crippen LogP contribution in [-0.2, 0) is 13.1 Å². The molecule has 0 N–H and O–H groups in total. The van der Waals surface area contributed by atoms with Crippen LogP contribution >= 0.6 is 0 Å². The normalized spacial score (nSPS) is 20.4. The molecule has 1 unspecified atom stereocenters. The number of pyridine rings is 2. The molecule has 0 spiro atoms. The second-order valence-corrected chi connectivity index (χ2v) is 8.95. The van der Waals surface area contributed by atoms with Crippen LogP contribution < -0.4 is 4.90 Å². The number of aryl methyl sites for hydroxylation is 1. The summed E-state index contributed by atoms with van der Waals surface area (Å²) in [5.74, 6) is 2.99. The SMILES string of the molecule is Cc1cccnc1C1CCCN1Cc1nccn1CC1CCN(c2ccccn2)CC1. The maximum Gasteiger partial charge on any atom is 0.128 e. The van der Waals surface area contributed by atoms with Crippen LogP contribution in [0.4, 0.5) is 5.82 Å². The molecule has 2 aliphatic heterocycles. The van der Waals surface area contributed by atoms with E-state index < -0.39 is 0 Å². The second kappa shape index (κ2) is 9.18. The molecule has 5 heterocycles. The van der Waals surface area contributed by atoms with E-state index in [1.807, 2.05) is 30.7 Å². The molecule has 0 aliphatic carbocycles. The average molecular weight is 417 g/mol. The number of likely N-dealkylation sites (tertiary alicyclic amines) is 1. The van der Waals surface area contributed by atoms with Crippen LogP contribution in [0.2, 0.25) is 0 Å². The summed E-state index contributed by atoms with van der Waals surface area (Å²) >= 11 is 0. The molecule has 0 saturated carbocycles. The standard InChI is InChI=1S/C25H32N6/c1-20-6-4-12-28-25(20)22-7-5-14-30(22)19-24-27-13-17-31(24)18-21-9-15-29(16-10-21)23-8-2-3-11-26-23/h2-4,6,8,11-13,17,21-22H,5,7,9-10,14-16,18-19H2,1H3. The third kappa shape index (κ3) is 4.49. The van der Waals surface area contributed by atoms with Crippen molar-refractivity contribution in [1.29, 1.82) is 0 Å². The quantitative estimate of drug-likeness (QED) is 0.602. The smallest absolute Gasteiger partial charge is 0.128 e. The van der Waals surface area contributed by atoms with E-state index in [4.69, 9.17) is 9.97 Å². The number of nitrogens with zero attached hydrogens (tertiary/aromatic N) is 6. The average Bonchev–Trinajstić information content (AvgIpc) is 3.45. The molecule has 2 aliphatic rings. The molecular formula is C25H32N6. The first-order valence-corrected chi connectivity index (χ1v) is 11.6. The summed E-state index contributed by atoms with van der Waals surface area (Å²) in [5.41, 5.74) is 2.53. The lowest BCUT2D eigenvalue weighted by Crippen LogP contribution is -2.35. The van der Waals surface area contributed by atoms with E-state index in [2.05, 4.69) is 50.7 Å². The van der Waals surface area contributed by atoms with Crippen LogP contribution in [0.15, 0.2) is 55.1 Å². The molecule has 6 heteroatoms. The Morgan fingerprint density at radius 1 is 0.903 bits per heavy atom. The maximum atomic E-state index is 4.74. The molecule has 31 heavy (non-hydrogen) atoms. The third-order valence-electron chi connectivity index (χ3n) is 6.92. The van der Waals surface area contributed by atoms with Crippen LogP contribution in [-0.4, -0.2) is 44.1 Å². The number of piperidine rings is 1. The fraction of sp³-hybridized carbons (Fsp3) is 0.480. The Labute approximate surface area is 185 Å². The van der Waals surface area contributed by atoms with Crippen molar-refractivity contribution in [2.45, 2.75) is 51.7 Å². The van der Waals surface area contributed by atoms with E-state index in [9.17, 15) is 0 Å². The van der Waals surface area contributed by atoms with Crippen LogP contribution in [0.25, 0.3) is 0 Å². The molecule has 0 amide bonds. The largest absolute Gasteiger partial charge is 0.357 e. The van der Waals surface area contributed by atoms with Crippen LogP contribution in [0.5, 0.6) is 0 Å². The van der Waals surface area contributed by atoms with E-state index in [0.29, 0.717) is 12.0 Å². The van der Waals surface area contributed by atoms with Crippen molar-refractivity contribution < 1.29 is 0 Å². The number of rotatable bonds is 6. The highest BCUT2D eigenvalue weighted by Gasteiger charge is 2.29. The van der Waals surface area contributed by atoms with Crippen LogP contribution in [0, 0.1) is 12.8 Å². The molecule has 2 fully saturated rings. The Morgan fingerprint density at radius 3 is 2.58 bits per heavy atom. The van der Waals surface area contributed by atoms with Crippen LogP contribution in [0.3, 0.4) is 0 Å². The first kappa shape index (κ1) is 20.2. The molecule has 0 aromatic carbocycles. The van der Waals surface area contributed by atoms with Crippen molar-refractivity contribution in [3.05, 3.63) is 72.2 Å². The van der Waals surface area contributed by atoms with Gasteiger partial charge < -0.3 is 9.47 Å². The summed E-state index contributed by atoms with van der Waals surface area (Å²) in [6.45, 7) is 7.43. The highest BCUT2D eigenvalue weighted by Crippen LogP contribution is 2.33. The van der Waals surface area contributed by atoms with Gasteiger partial charge in [-0.3, -0.25) is 9.88 Å². The number of hydrogen-bond donors (Lipinski definition) is 0. The first-order valence-electron chi connectivity index (χ1n) is 11.6. The topological polar surface area (TPSA) is 50.1 Å². The predicted octanol–water partition coefficient (Wildman–Crippen LogP) is 4.24. The molecule has 6 nitrogen and oxygen atoms in total. The number of hydrogen-bond acceptors (Lipinski definition) is 5. The van der Waals surface area contributed by atoms with Crippen molar-refractivity contribution in [1.82, 2.24) is 24.4 Å². The Kier molecular flexibility index (Phi) is 5.98. The minimum Gasteiger partial charge on any atom is -0.357 e. The van der Waals surface area contributed by atoms with Gasteiger partial charge in [0.1, 0.15) is 11.6 Å². The van der Waals surface area contributed by atoms with Crippen molar-refractivity contribution in [3.63, 3.8) is 0 Å². The Bertz CT molecular complexity index is 976. The lowest BCUT2D eigenvalue weighted by atomic mass is 9.96. The minimum atomic E-state index is 0.410. The molecule has 1 atom stereocenters. The van der Waals surface area contributed by atoms with Crippen LogP contribution in [0.1, 0.15) is 48.8 Å². The van der Waals surface area contributed by atoms with E-state index in [0.717, 1.165) is 38.5 Å². The Balaban J connectivity index is 1.21. The number of anilines is 1. The summed E-state index contributed by atoms with van der Waals surface area (Å²) in [7, 11) is 0. The predicted molar refractivity (Wildman–Crippen MR) is 123 cm³/mol. The molecule has 0 radical (unpaired) electrons. The zero-order valence-corrected chi connectivity index (χ0v) is 18.4. The van der Waals surface area contributed by atoms with Gasteiger partial charge in [-0.2, -0.15) is 0 Å². The lowest BCUT2D eigenvalue weighted by molar-refractivity contribution is 0.231. The molecule has 2 saturated heterocycles. The van der Waals surface area contributed by atoms with Gasteiger partial charge in [0.25, 0.3) is 0 Å². The highest BCUT2D eigenvalue weighted by molar-refractivity contribution is 5.37. The van der Waals surface area contributed by atoms with E-state index >= 15 is 0 Å². The summed E-state index contributed by atoms with van der Waals surface area (Å²) < 4.78 is 2.39. The monoisotopic (exact) mass is 416 g/mol. The lowest BCUT2D eigenvalue weighted by Gasteiger charge is -2.33. The van der Waals surface area contributed by atoms with Crippen molar-refractivity contribution in [2.75, 3.05) is 24.5 Å². The van der Waals surface area contributed by atoms with E-state index in [1.165, 1.54) is 42.8 Å². The Hall–Kier alpha value is -2.73. The molecular weight excluding hydrogens is 384 g/mol. The fourth-order valence-corrected chi connectivity index (χ4v) is 5.17. The minimum absolute atomic E-state index is 0.410. The second-order valence-electron chi connectivity index (χ2n) is 8.95. The summed E-state index contributed by atoms with van der Waals surface area (Å²) in [4.78, 5) is 18.9. The van der Waals surface area contributed by atoms with Gasteiger partial charge in [0.15, 0.2) is 0 Å². The molecule has 3 aromatic heterocycles. The summed E-state index contributed by atoms with van der Waals surface area (Å²) in [5, 5.41) is 0. The third-order valence-corrected chi connectivity index (χ3v) is 6.92. The first-order chi connectivity index (χ1) is 15.3. The van der Waals surface area contributed by atoms with Gasteiger partial charge in [-0.15, -0.1) is 0 Å². The number of imidazole rings is 1. The van der Waals surface area contributed by atoms with Crippen molar-refractivity contribution >= 4 is 5.82 Å². The van der Waals surface area contributed by atoms with Gasteiger partial charge in [0, 0.05) is 44.4 Å². The molecule has 5 rings (SSSR count). The van der Waals surface area contributed by atoms with Gasteiger partial charge in [0.2, 0.25) is 0 Å². The Morgan fingerprint density at radius 2 is 1.77 bits per heavy atom. The number of aromatic nitrogens is 4. The van der Waals surface area contributed by atoms with Gasteiger partial charge in [-0.25, -0.2) is 9.97 Å². The summed E-state index contributed by atoms with van der Waals surface area (Å²) in [6, 6.07) is 10.8. The van der Waals surface area contributed by atoms with E-state index in [1.54, 1.807) is 0 Å². The fourth-order valence-electron chi connectivity index (χ4n) is 5.17. The van der Waals surface area contributed by atoms with Crippen molar-refractivity contribution in [2.24, 2.45) is 5.92 Å². The molecule has 3 aromatic rings.